The lowest BCUT2D eigenvalue weighted by Gasteiger charge is -1.91. The number of hydrogen-bond donors (Lipinski definition) is 0. The van der Waals surface area contributed by atoms with E-state index in [2.05, 4.69) is 4.74 Å². The second-order valence-electron chi connectivity index (χ2n) is 3.08. The average Bonchev–Trinajstić information content (AvgIpc) is 2.01. The maximum atomic E-state index is 4.93. The molecule has 0 atom stereocenters. The van der Waals surface area contributed by atoms with Crippen LogP contribution in [-0.2, 0) is 9.47 Å². The zero-order valence-electron chi connectivity index (χ0n) is 9.68. The van der Waals surface area contributed by atoms with Gasteiger partial charge in [0.15, 0.2) is 0 Å². The molecule has 0 aromatic carbocycles. The highest BCUT2D eigenvalue weighted by Gasteiger charge is 1.71. The fourth-order valence-corrected chi connectivity index (χ4v) is 0.486. The van der Waals surface area contributed by atoms with Gasteiger partial charge in [0.1, 0.15) is 0 Å². The molecule has 0 aliphatic carbocycles. The van der Waals surface area contributed by atoms with E-state index in [1.807, 2.05) is 34.6 Å². The van der Waals surface area contributed by atoms with Crippen molar-refractivity contribution in [2.24, 2.45) is 0 Å². The first-order valence-corrected chi connectivity index (χ1v) is 4.45. The van der Waals surface area contributed by atoms with E-state index in [9.17, 15) is 0 Å². The molecule has 0 saturated heterocycles. The third-order valence-corrected chi connectivity index (χ3v) is 0.839. The van der Waals surface area contributed by atoms with Crippen LogP contribution in [0.4, 0.5) is 0 Å². The molecule has 0 heterocycles. The first-order chi connectivity index (χ1) is 6.04. The van der Waals surface area contributed by atoms with Gasteiger partial charge in [0.2, 0.25) is 0 Å². The van der Waals surface area contributed by atoms with Crippen molar-refractivity contribution in [1.29, 1.82) is 0 Å². The molecule has 0 amide bonds. The van der Waals surface area contributed by atoms with E-state index in [0.29, 0.717) is 0 Å². The summed E-state index contributed by atoms with van der Waals surface area (Å²) in [4.78, 5) is 0. The lowest BCUT2D eigenvalue weighted by atomic mass is 10.4. The highest BCUT2D eigenvalue weighted by Crippen LogP contribution is 1.87. The lowest BCUT2D eigenvalue weighted by molar-refractivity contribution is 0.266. The zero-order chi connectivity index (χ0) is 10.7. The lowest BCUT2D eigenvalue weighted by Crippen LogP contribution is -1.77. The van der Waals surface area contributed by atoms with Crippen molar-refractivity contribution in [3.63, 3.8) is 0 Å². The van der Waals surface area contributed by atoms with E-state index in [1.165, 1.54) is 11.1 Å². The Morgan fingerprint density at radius 3 is 1.54 bits per heavy atom. The van der Waals surface area contributed by atoms with Crippen LogP contribution in [-0.4, -0.2) is 13.7 Å². The normalized spacial score (nSPS) is 7.54. The molecular weight excluding hydrogens is 164 g/mol. The Morgan fingerprint density at radius 1 is 1.00 bits per heavy atom. The highest BCUT2D eigenvalue weighted by atomic mass is 16.5. The van der Waals surface area contributed by atoms with Crippen LogP contribution in [0.5, 0.6) is 0 Å². The van der Waals surface area contributed by atoms with Crippen LogP contribution >= 0.6 is 0 Å². The Labute approximate surface area is 82.2 Å². The summed E-state index contributed by atoms with van der Waals surface area (Å²) < 4.78 is 9.57. The van der Waals surface area contributed by atoms with Crippen molar-refractivity contribution in [1.82, 2.24) is 0 Å². The van der Waals surface area contributed by atoms with Crippen LogP contribution in [0, 0.1) is 0 Å². The van der Waals surface area contributed by atoms with Gasteiger partial charge in [-0.25, -0.2) is 0 Å². The van der Waals surface area contributed by atoms with Crippen LogP contribution in [0.25, 0.3) is 0 Å². The molecule has 0 rings (SSSR count). The molecule has 0 saturated carbocycles. The number of allylic oxidation sites excluding steroid dienone is 2. The van der Waals surface area contributed by atoms with Gasteiger partial charge in [0, 0.05) is 0 Å². The topological polar surface area (TPSA) is 18.5 Å². The van der Waals surface area contributed by atoms with Gasteiger partial charge in [-0.1, -0.05) is 0 Å². The maximum Gasteiger partial charge on any atom is 0.0845 e. The molecule has 0 bridgehead atoms. The Bertz CT molecular complexity index is 149. The van der Waals surface area contributed by atoms with Gasteiger partial charge in [-0.2, -0.15) is 0 Å². The van der Waals surface area contributed by atoms with Crippen LogP contribution in [0.3, 0.4) is 0 Å². The summed E-state index contributed by atoms with van der Waals surface area (Å²) in [5, 5.41) is 0. The summed E-state index contributed by atoms with van der Waals surface area (Å²) in [7, 11) is 1.65. The minimum absolute atomic E-state index is 0.769. The molecule has 2 heteroatoms. The van der Waals surface area contributed by atoms with Crippen molar-refractivity contribution < 1.29 is 9.47 Å². The van der Waals surface area contributed by atoms with Gasteiger partial charge in [0.05, 0.1) is 26.2 Å². The second-order valence-corrected chi connectivity index (χ2v) is 3.08. The van der Waals surface area contributed by atoms with Crippen LogP contribution < -0.4 is 0 Å². The molecule has 0 aliphatic heterocycles. The average molecular weight is 186 g/mol. The molecule has 0 fully saturated rings. The van der Waals surface area contributed by atoms with E-state index in [-0.39, 0.29) is 0 Å². The van der Waals surface area contributed by atoms with Gasteiger partial charge in [-0.3, -0.25) is 0 Å². The largest absolute Gasteiger partial charge is 0.504 e. The van der Waals surface area contributed by atoms with Crippen LogP contribution in [0.2, 0.25) is 0 Å². The SMILES string of the molecule is CCOC=C(C)C.COC=C(C)C. The van der Waals surface area contributed by atoms with Crippen LogP contribution in [0.1, 0.15) is 34.6 Å². The summed E-state index contributed by atoms with van der Waals surface area (Å²) in [6.07, 6.45) is 3.47. The minimum atomic E-state index is 0.769. The monoisotopic (exact) mass is 186 g/mol. The molecule has 0 aromatic rings. The number of hydrogen-bond acceptors (Lipinski definition) is 2. The summed E-state index contributed by atoms with van der Waals surface area (Å²) in [5.74, 6) is 0. The molecule has 78 valence electrons. The molecule has 0 spiro atoms. The molecule has 0 aliphatic rings. The standard InChI is InChI=1S/C6H12O.C5H10O/c1-4-7-5-6(2)3;1-5(2)4-6-3/h5H,4H2,1-3H3;4H,1-3H3. The van der Waals surface area contributed by atoms with Gasteiger partial charge in [0.25, 0.3) is 0 Å². The van der Waals surface area contributed by atoms with Crippen molar-refractivity contribution in [2.45, 2.75) is 34.6 Å². The van der Waals surface area contributed by atoms with Gasteiger partial charge in [-0.15, -0.1) is 0 Å². The van der Waals surface area contributed by atoms with Crippen molar-refractivity contribution in [2.75, 3.05) is 13.7 Å². The molecule has 2 nitrogen and oxygen atoms in total. The molecule has 0 unspecified atom stereocenters. The fourth-order valence-electron chi connectivity index (χ4n) is 0.486. The Kier molecular flexibility index (Phi) is 12.4. The second kappa shape index (κ2) is 11.1. The van der Waals surface area contributed by atoms with Gasteiger partial charge in [-0.05, 0) is 45.8 Å². The smallest absolute Gasteiger partial charge is 0.0845 e. The van der Waals surface area contributed by atoms with Crippen molar-refractivity contribution >= 4 is 0 Å². The maximum absolute atomic E-state index is 4.93. The molecule has 13 heavy (non-hydrogen) atoms. The Balaban J connectivity index is 0. The van der Waals surface area contributed by atoms with Gasteiger partial charge >= 0.3 is 0 Å². The first-order valence-electron chi connectivity index (χ1n) is 4.45. The third-order valence-electron chi connectivity index (χ3n) is 0.839. The highest BCUT2D eigenvalue weighted by molar-refractivity contribution is 4.86. The van der Waals surface area contributed by atoms with Crippen LogP contribution in [0.15, 0.2) is 23.7 Å². The summed E-state index contributed by atoms with van der Waals surface area (Å²) >= 11 is 0. The fraction of sp³-hybridized carbons (Fsp3) is 0.636. The third kappa shape index (κ3) is 24.7. The number of rotatable bonds is 3. The summed E-state index contributed by atoms with van der Waals surface area (Å²) in [5.41, 5.74) is 2.40. The predicted octanol–water partition coefficient (Wildman–Crippen LogP) is 3.50. The molecule has 0 radical (unpaired) electrons. The zero-order valence-corrected chi connectivity index (χ0v) is 9.68. The molecular formula is C11H22O2. The summed E-state index contributed by atoms with van der Waals surface area (Å²) in [6.45, 7) is 10.7. The number of ether oxygens (including phenoxy) is 2. The van der Waals surface area contributed by atoms with E-state index >= 15 is 0 Å². The molecule has 0 N–H and O–H groups in total. The summed E-state index contributed by atoms with van der Waals surface area (Å²) in [6, 6.07) is 0. The van der Waals surface area contributed by atoms with Gasteiger partial charge < -0.3 is 9.47 Å². The predicted molar refractivity (Wildman–Crippen MR) is 57.5 cm³/mol. The van der Waals surface area contributed by atoms with E-state index in [4.69, 9.17) is 4.74 Å². The van der Waals surface area contributed by atoms with E-state index < -0.39 is 0 Å². The van der Waals surface area contributed by atoms with E-state index in [0.717, 1.165) is 6.61 Å². The Morgan fingerprint density at radius 2 is 1.46 bits per heavy atom. The first kappa shape index (κ1) is 14.6. The van der Waals surface area contributed by atoms with Crippen molar-refractivity contribution in [3.05, 3.63) is 23.7 Å². The minimum Gasteiger partial charge on any atom is -0.504 e. The van der Waals surface area contributed by atoms with E-state index in [1.54, 1.807) is 19.6 Å². The quantitative estimate of drug-likeness (QED) is 0.628. The molecule has 0 aromatic heterocycles. The Hall–Kier alpha value is -0.920. The number of methoxy groups -OCH3 is 1. The van der Waals surface area contributed by atoms with Crippen molar-refractivity contribution in [3.8, 4) is 0 Å².